The maximum Gasteiger partial charge on any atom is 0.335 e. The molecule has 0 aromatic heterocycles. The molecule has 0 heterocycles. The number of benzene rings is 1. The highest BCUT2D eigenvalue weighted by Crippen LogP contribution is 2.29. The quantitative estimate of drug-likeness (QED) is 0.785. The second-order valence-corrected chi connectivity index (χ2v) is 6.03. The van der Waals surface area contributed by atoms with Crippen LogP contribution in [-0.2, 0) is 0 Å². The first-order valence-electron chi connectivity index (χ1n) is 6.57. The lowest BCUT2D eigenvalue weighted by molar-refractivity contribution is 0.0697. The molecular weight excluding hydrogens is 324 g/mol. The number of carboxylic acids is 1. The van der Waals surface area contributed by atoms with E-state index >= 15 is 0 Å². The molecule has 6 heteroatoms. The Labute approximate surface area is 125 Å². The van der Waals surface area contributed by atoms with Crippen molar-refractivity contribution in [2.45, 2.75) is 32.2 Å². The van der Waals surface area contributed by atoms with Gasteiger partial charge in [-0.2, -0.15) is 0 Å². The van der Waals surface area contributed by atoms with Crippen LogP contribution in [-0.4, -0.2) is 23.1 Å². The van der Waals surface area contributed by atoms with Gasteiger partial charge in [0.15, 0.2) is 0 Å². The van der Waals surface area contributed by atoms with E-state index in [0.717, 1.165) is 12.8 Å². The number of rotatable bonds is 4. The Hall–Kier alpha value is -1.56. The summed E-state index contributed by atoms with van der Waals surface area (Å²) in [7, 11) is 0. The van der Waals surface area contributed by atoms with E-state index in [4.69, 9.17) is 5.11 Å². The Balaban J connectivity index is 1.98. The summed E-state index contributed by atoms with van der Waals surface area (Å²) in [6, 6.07) is 4.41. The molecule has 1 unspecified atom stereocenters. The molecule has 0 aliphatic heterocycles. The number of nitrogens with one attached hydrogen (secondary N) is 2. The van der Waals surface area contributed by atoms with E-state index < -0.39 is 5.97 Å². The lowest BCUT2D eigenvalue weighted by Gasteiger charge is -2.31. The fourth-order valence-electron chi connectivity index (χ4n) is 2.22. The van der Waals surface area contributed by atoms with Crippen molar-refractivity contribution in [1.82, 2.24) is 5.32 Å². The van der Waals surface area contributed by atoms with E-state index in [1.54, 1.807) is 6.07 Å². The van der Waals surface area contributed by atoms with Crippen molar-refractivity contribution in [3.05, 3.63) is 28.2 Å². The van der Waals surface area contributed by atoms with Crippen LogP contribution in [0.25, 0.3) is 0 Å². The van der Waals surface area contributed by atoms with E-state index in [9.17, 15) is 9.59 Å². The molecule has 20 heavy (non-hydrogen) atoms. The summed E-state index contributed by atoms with van der Waals surface area (Å²) in [6.45, 7) is 1.99. The summed E-state index contributed by atoms with van der Waals surface area (Å²) >= 11 is 3.23. The van der Waals surface area contributed by atoms with Crippen LogP contribution in [0.2, 0.25) is 0 Å². The number of halogens is 1. The Kier molecular flexibility index (Phi) is 4.65. The van der Waals surface area contributed by atoms with Gasteiger partial charge < -0.3 is 15.7 Å². The van der Waals surface area contributed by atoms with Crippen LogP contribution < -0.4 is 10.6 Å². The molecule has 1 atom stereocenters. The van der Waals surface area contributed by atoms with Crippen LogP contribution in [0.5, 0.6) is 0 Å². The summed E-state index contributed by atoms with van der Waals surface area (Å²) in [6.07, 6.45) is 3.54. The zero-order valence-corrected chi connectivity index (χ0v) is 12.7. The van der Waals surface area contributed by atoms with Gasteiger partial charge in [0.25, 0.3) is 0 Å². The van der Waals surface area contributed by atoms with E-state index in [-0.39, 0.29) is 17.6 Å². The van der Waals surface area contributed by atoms with Gasteiger partial charge in [-0.15, -0.1) is 0 Å². The van der Waals surface area contributed by atoms with Crippen molar-refractivity contribution in [3.63, 3.8) is 0 Å². The molecule has 2 amide bonds. The Morgan fingerprint density at radius 3 is 2.60 bits per heavy atom. The molecule has 0 bridgehead atoms. The van der Waals surface area contributed by atoms with E-state index in [1.165, 1.54) is 18.6 Å². The minimum absolute atomic E-state index is 0.127. The summed E-state index contributed by atoms with van der Waals surface area (Å²) < 4.78 is 0.611. The van der Waals surface area contributed by atoms with E-state index in [2.05, 4.69) is 26.6 Å². The van der Waals surface area contributed by atoms with Crippen LogP contribution in [0, 0.1) is 5.92 Å². The second kappa shape index (κ2) is 6.26. The van der Waals surface area contributed by atoms with Crippen LogP contribution in [0.3, 0.4) is 0 Å². The number of anilines is 1. The lowest BCUT2D eigenvalue weighted by atomic mass is 9.80. The van der Waals surface area contributed by atoms with Crippen LogP contribution in [0.1, 0.15) is 36.5 Å². The molecule has 0 spiro atoms. The SMILES string of the molecule is CC(NC(=O)Nc1cc(Br)cc(C(=O)O)c1)C1CCC1. The smallest absolute Gasteiger partial charge is 0.335 e. The highest BCUT2D eigenvalue weighted by molar-refractivity contribution is 9.10. The third-order valence-corrected chi connectivity index (χ3v) is 4.08. The number of amides is 2. The van der Waals surface area contributed by atoms with Crippen molar-refractivity contribution in [2.24, 2.45) is 5.92 Å². The number of carboxylic acid groups (broad SMARTS) is 1. The normalized spacial score (nSPS) is 16.1. The summed E-state index contributed by atoms with van der Waals surface area (Å²) in [5.74, 6) is -0.476. The van der Waals surface area contributed by atoms with Crippen molar-refractivity contribution in [2.75, 3.05) is 5.32 Å². The monoisotopic (exact) mass is 340 g/mol. The zero-order valence-electron chi connectivity index (χ0n) is 11.1. The topological polar surface area (TPSA) is 78.4 Å². The largest absolute Gasteiger partial charge is 0.478 e. The molecule has 1 aromatic carbocycles. The Morgan fingerprint density at radius 1 is 1.35 bits per heavy atom. The number of carbonyl (C=O) groups excluding carboxylic acids is 1. The zero-order chi connectivity index (χ0) is 14.7. The maximum absolute atomic E-state index is 11.9. The fourth-order valence-corrected chi connectivity index (χ4v) is 2.71. The number of urea groups is 1. The summed E-state index contributed by atoms with van der Waals surface area (Å²) in [4.78, 5) is 22.8. The lowest BCUT2D eigenvalue weighted by Crippen LogP contribution is -2.42. The number of hydrogen-bond donors (Lipinski definition) is 3. The molecule has 3 N–H and O–H groups in total. The standard InChI is InChI=1S/C14H17BrN2O3/c1-8(9-3-2-4-9)16-14(20)17-12-6-10(13(18)19)5-11(15)7-12/h5-9H,2-4H2,1H3,(H,18,19)(H2,16,17,20). The fraction of sp³-hybridized carbons (Fsp3) is 0.429. The van der Waals surface area contributed by atoms with E-state index in [1.807, 2.05) is 6.92 Å². The molecule has 0 radical (unpaired) electrons. The predicted octanol–water partition coefficient (Wildman–Crippen LogP) is 3.46. The summed E-state index contributed by atoms with van der Waals surface area (Å²) in [5, 5.41) is 14.5. The van der Waals surface area contributed by atoms with Crippen LogP contribution in [0.4, 0.5) is 10.5 Å². The van der Waals surface area contributed by atoms with Gasteiger partial charge in [-0.25, -0.2) is 9.59 Å². The predicted molar refractivity (Wildman–Crippen MR) is 80.1 cm³/mol. The molecule has 1 fully saturated rings. The molecule has 1 aromatic rings. The second-order valence-electron chi connectivity index (χ2n) is 5.11. The van der Waals surface area contributed by atoms with Crippen molar-refractivity contribution < 1.29 is 14.7 Å². The van der Waals surface area contributed by atoms with Crippen LogP contribution >= 0.6 is 15.9 Å². The molecule has 1 saturated carbocycles. The van der Waals surface area contributed by atoms with Crippen molar-refractivity contribution >= 4 is 33.6 Å². The minimum atomic E-state index is -1.03. The average Bonchev–Trinajstić information content (AvgIpc) is 2.24. The van der Waals surface area contributed by atoms with Crippen LogP contribution in [0.15, 0.2) is 22.7 Å². The first-order valence-corrected chi connectivity index (χ1v) is 7.36. The Morgan fingerprint density at radius 2 is 2.05 bits per heavy atom. The molecule has 108 valence electrons. The van der Waals surface area contributed by atoms with Gasteiger partial charge in [-0.1, -0.05) is 22.4 Å². The minimum Gasteiger partial charge on any atom is -0.478 e. The first kappa shape index (κ1) is 14.8. The number of hydrogen-bond acceptors (Lipinski definition) is 2. The summed E-state index contributed by atoms with van der Waals surface area (Å²) in [5.41, 5.74) is 0.580. The van der Waals surface area contributed by atoms with Crippen molar-refractivity contribution in [3.8, 4) is 0 Å². The first-order chi connectivity index (χ1) is 9.45. The van der Waals surface area contributed by atoms with E-state index in [0.29, 0.717) is 16.1 Å². The van der Waals surface area contributed by atoms with Gasteiger partial charge in [0.2, 0.25) is 0 Å². The number of carbonyl (C=O) groups is 2. The molecule has 5 nitrogen and oxygen atoms in total. The average molecular weight is 341 g/mol. The van der Waals surface area contributed by atoms with Gasteiger partial charge >= 0.3 is 12.0 Å². The van der Waals surface area contributed by atoms with Gasteiger partial charge in [-0.3, -0.25) is 0 Å². The molecular formula is C14H17BrN2O3. The number of aromatic carboxylic acids is 1. The third kappa shape index (κ3) is 3.72. The highest BCUT2D eigenvalue weighted by Gasteiger charge is 2.24. The Bertz CT molecular complexity index is 529. The maximum atomic E-state index is 11.9. The van der Waals surface area contributed by atoms with Gasteiger partial charge in [0, 0.05) is 16.2 Å². The molecule has 1 aliphatic rings. The van der Waals surface area contributed by atoms with Gasteiger partial charge in [-0.05, 0) is 43.9 Å². The van der Waals surface area contributed by atoms with Gasteiger partial charge in [0.1, 0.15) is 0 Å². The van der Waals surface area contributed by atoms with Gasteiger partial charge in [0.05, 0.1) is 5.56 Å². The molecule has 1 aliphatic carbocycles. The molecule has 0 saturated heterocycles. The highest BCUT2D eigenvalue weighted by atomic mass is 79.9. The molecule has 2 rings (SSSR count). The third-order valence-electron chi connectivity index (χ3n) is 3.62. The van der Waals surface area contributed by atoms with Crippen molar-refractivity contribution in [1.29, 1.82) is 0 Å².